The largest absolute Gasteiger partial charge is 0.497 e. The summed E-state index contributed by atoms with van der Waals surface area (Å²) in [6, 6.07) is 8.24. The Hall–Kier alpha value is -1.63. The van der Waals surface area contributed by atoms with Crippen molar-refractivity contribution in [1.29, 1.82) is 0 Å². The Bertz CT molecular complexity index is 634. The van der Waals surface area contributed by atoms with Gasteiger partial charge in [-0.05, 0) is 31.2 Å². The fourth-order valence-corrected chi connectivity index (χ4v) is 4.32. The second-order valence-corrected chi connectivity index (χ2v) is 7.97. The minimum absolute atomic E-state index is 0.0937. The highest BCUT2D eigenvalue weighted by atomic mass is 16.5. The van der Waals surface area contributed by atoms with Crippen LogP contribution < -0.4 is 4.74 Å². The Morgan fingerprint density at radius 3 is 2.54 bits per heavy atom. The summed E-state index contributed by atoms with van der Waals surface area (Å²) in [4.78, 5) is 19.4. The molecule has 3 saturated heterocycles. The highest BCUT2D eigenvalue weighted by Crippen LogP contribution is 2.37. The van der Waals surface area contributed by atoms with Gasteiger partial charge in [-0.3, -0.25) is 9.69 Å². The molecule has 3 fully saturated rings. The summed E-state index contributed by atoms with van der Waals surface area (Å²) in [5.41, 5.74) is 0.934. The Morgan fingerprint density at radius 2 is 1.88 bits per heavy atom. The van der Waals surface area contributed by atoms with Crippen LogP contribution in [0.25, 0.3) is 0 Å². The number of amides is 1. The third kappa shape index (κ3) is 3.59. The van der Waals surface area contributed by atoms with Gasteiger partial charge >= 0.3 is 0 Å². The van der Waals surface area contributed by atoms with E-state index in [9.17, 15) is 4.79 Å². The van der Waals surface area contributed by atoms with Crippen LogP contribution in [0.5, 0.6) is 5.75 Å². The summed E-state index contributed by atoms with van der Waals surface area (Å²) in [7, 11) is 3.83. The maximum absolute atomic E-state index is 12.5. The molecule has 0 aromatic heterocycles. The second-order valence-electron chi connectivity index (χ2n) is 7.97. The molecule has 6 heteroatoms. The molecule has 142 valence electrons. The lowest BCUT2D eigenvalue weighted by atomic mass is 9.88. The number of likely N-dealkylation sites (N-methyl/N-ethyl adjacent to an activating group) is 1. The second kappa shape index (κ2) is 7.18. The number of methoxy groups -OCH3 is 1. The summed E-state index contributed by atoms with van der Waals surface area (Å²) in [6.45, 7) is 6.82. The van der Waals surface area contributed by atoms with E-state index >= 15 is 0 Å². The van der Waals surface area contributed by atoms with Crippen LogP contribution in [0, 0.1) is 0 Å². The van der Waals surface area contributed by atoms with Gasteiger partial charge in [-0.1, -0.05) is 12.1 Å². The number of nitrogens with zero attached hydrogens (tertiary/aromatic N) is 3. The number of carbonyl (C=O) groups excluding carboxylic acids is 1. The standard InChI is InChI=1S/C20H29N3O3/c1-21-7-9-22(10-8-21)17-12-20(26-13-17)14-23(15-20)19(24)11-16-3-5-18(25-2)6-4-16/h3-6,17H,7-15H2,1-2H3. The smallest absolute Gasteiger partial charge is 0.227 e. The third-order valence-electron chi connectivity index (χ3n) is 6.07. The van der Waals surface area contributed by atoms with Crippen molar-refractivity contribution in [2.24, 2.45) is 0 Å². The molecular weight excluding hydrogens is 330 g/mol. The molecule has 26 heavy (non-hydrogen) atoms. The molecule has 1 amide bonds. The van der Waals surface area contributed by atoms with Crippen molar-refractivity contribution in [2.45, 2.75) is 24.5 Å². The van der Waals surface area contributed by atoms with E-state index in [1.807, 2.05) is 29.2 Å². The minimum Gasteiger partial charge on any atom is -0.497 e. The lowest BCUT2D eigenvalue weighted by molar-refractivity contribution is -0.157. The van der Waals surface area contributed by atoms with Crippen LogP contribution in [0.15, 0.2) is 24.3 Å². The molecule has 1 aromatic carbocycles. The molecule has 0 bridgehead atoms. The highest BCUT2D eigenvalue weighted by Gasteiger charge is 2.52. The van der Waals surface area contributed by atoms with Crippen molar-refractivity contribution in [3.63, 3.8) is 0 Å². The maximum Gasteiger partial charge on any atom is 0.227 e. The van der Waals surface area contributed by atoms with Gasteiger partial charge in [0.2, 0.25) is 5.91 Å². The topological polar surface area (TPSA) is 45.2 Å². The highest BCUT2D eigenvalue weighted by molar-refractivity contribution is 5.80. The molecule has 0 radical (unpaired) electrons. The van der Waals surface area contributed by atoms with Crippen LogP contribution in [-0.4, -0.2) is 92.3 Å². The van der Waals surface area contributed by atoms with Crippen LogP contribution >= 0.6 is 0 Å². The monoisotopic (exact) mass is 359 g/mol. The number of hydrogen-bond acceptors (Lipinski definition) is 5. The Balaban J connectivity index is 1.26. The quantitative estimate of drug-likeness (QED) is 0.798. The van der Waals surface area contributed by atoms with Crippen LogP contribution in [0.3, 0.4) is 0 Å². The number of carbonyl (C=O) groups is 1. The predicted octanol–water partition coefficient (Wildman–Crippen LogP) is 0.855. The zero-order chi connectivity index (χ0) is 18.1. The SMILES string of the molecule is COc1ccc(CC(=O)N2CC3(CC(N4CCN(C)CC4)CO3)C2)cc1. The lowest BCUT2D eigenvalue weighted by Crippen LogP contribution is -2.64. The van der Waals surface area contributed by atoms with E-state index in [0.717, 1.165) is 63.6 Å². The van der Waals surface area contributed by atoms with Crippen LogP contribution in [0.4, 0.5) is 0 Å². The summed E-state index contributed by atoms with van der Waals surface area (Å²) in [5.74, 6) is 1.01. The molecule has 1 aromatic rings. The number of ether oxygens (including phenoxy) is 2. The van der Waals surface area contributed by atoms with E-state index in [4.69, 9.17) is 9.47 Å². The van der Waals surface area contributed by atoms with Gasteiger partial charge in [0.25, 0.3) is 0 Å². The molecule has 0 saturated carbocycles. The van der Waals surface area contributed by atoms with Gasteiger partial charge in [0.05, 0.1) is 33.2 Å². The Labute approximate surface area is 155 Å². The summed E-state index contributed by atoms with van der Waals surface area (Å²) in [6.07, 6.45) is 1.50. The number of benzene rings is 1. The molecule has 3 heterocycles. The molecule has 1 atom stereocenters. The van der Waals surface area contributed by atoms with Crippen LogP contribution in [0.2, 0.25) is 0 Å². The van der Waals surface area contributed by atoms with Gasteiger partial charge < -0.3 is 19.3 Å². The molecule has 3 aliphatic rings. The average Bonchev–Trinajstić information content (AvgIpc) is 3.07. The van der Waals surface area contributed by atoms with Crippen molar-refractivity contribution in [3.05, 3.63) is 29.8 Å². The molecule has 1 spiro atoms. The molecule has 3 aliphatic heterocycles. The van der Waals surface area contributed by atoms with E-state index in [1.165, 1.54) is 0 Å². The van der Waals surface area contributed by atoms with Gasteiger partial charge in [-0.25, -0.2) is 0 Å². The summed E-state index contributed by atoms with van der Waals surface area (Å²) >= 11 is 0. The summed E-state index contributed by atoms with van der Waals surface area (Å²) < 4.78 is 11.3. The molecule has 1 unspecified atom stereocenters. The first-order chi connectivity index (χ1) is 12.6. The Kier molecular flexibility index (Phi) is 4.90. The predicted molar refractivity (Wildman–Crippen MR) is 99.4 cm³/mol. The first-order valence-corrected chi connectivity index (χ1v) is 9.54. The molecule has 0 N–H and O–H groups in total. The third-order valence-corrected chi connectivity index (χ3v) is 6.07. The van der Waals surface area contributed by atoms with Gasteiger partial charge in [0, 0.05) is 32.2 Å². The summed E-state index contributed by atoms with van der Waals surface area (Å²) in [5, 5.41) is 0. The van der Waals surface area contributed by atoms with Crippen LogP contribution in [-0.2, 0) is 16.0 Å². The normalized spacial score (nSPS) is 26.1. The van der Waals surface area contributed by atoms with Gasteiger partial charge in [-0.15, -0.1) is 0 Å². The Morgan fingerprint density at radius 1 is 1.19 bits per heavy atom. The first-order valence-electron chi connectivity index (χ1n) is 9.54. The lowest BCUT2D eigenvalue weighted by Gasteiger charge is -2.47. The van der Waals surface area contributed by atoms with Crippen molar-refractivity contribution in [1.82, 2.24) is 14.7 Å². The number of piperazine rings is 1. The molecule has 0 aliphatic carbocycles. The molecular formula is C20H29N3O3. The van der Waals surface area contributed by atoms with Gasteiger partial charge in [0.15, 0.2) is 0 Å². The fourth-order valence-electron chi connectivity index (χ4n) is 4.32. The zero-order valence-corrected chi connectivity index (χ0v) is 15.8. The van der Waals surface area contributed by atoms with Crippen LogP contribution in [0.1, 0.15) is 12.0 Å². The van der Waals surface area contributed by atoms with Crippen molar-refractivity contribution in [2.75, 3.05) is 60.0 Å². The van der Waals surface area contributed by atoms with E-state index in [1.54, 1.807) is 7.11 Å². The van der Waals surface area contributed by atoms with E-state index in [2.05, 4.69) is 16.8 Å². The fraction of sp³-hybridized carbons (Fsp3) is 0.650. The minimum atomic E-state index is -0.0937. The zero-order valence-electron chi connectivity index (χ0n) is 15.8. The number of hydrogen-bond donors (Lipinski definition) is 0. The van der Waals surface area contributed by atoms with Gasteiger partial charge in [-0.2, -0.15) is 0 Å². The van der Waals surface area contributed by atoms with Gasteiger partial charge in [0.1, 0.15) is 11.4 Å². The number of likely N-dealkylation sites (tertiary alicyclic amines) is 1. The van der Waals surface area contributed by atoms with E-state index < -0.39 is 0 Å². The molecule has 4 rings (SSSR count). The molecule has 6 nitrogen and oxygen atoms in total. The van der Waals surface area contributed by atoms with E-state index in [0.29, 0.717) is 12.5 Å². The van der Waals surface area contributed by atoms with Crippen molar-refractivity contribution < 1.29 is 14.3 Å². The van der Waals surface area contributed by atoms with Crippen molar-refractivity contribution >= 4 is 5.91 Å². The van der Waals surface area contributed by atoms with Crippen molar-refractivity contribution in [3.8, 4) is 5.75 Å². The average molecular weight is 359 g/mol. The maximum atomic E-state index is 12.5. The van der Waals surface area contributed by atoms with E-state index in [-0.39, 0.29) is 11.5 Å². The first kappa shape index (κ1) is 17.8. The number of rotatable bonds is 4.